The van der Waals surface area contributed by atoms with Gasteiger partial charge in [0.15, 0.2) is 5.13 Å². The maximum atomic E-state index is 13.6. The summed E-state index contributed by atoms with van der Waals surface area (Å²) in [7, 11) is 0. The van der Waals surface area contributed by atoms with E-state index in [2.05, 4.69) is 15.3 Å². The second-order valence-electron chi connectivity index (χ2n) is 8.28. The van der Waals surface area contributed by atoms with Crippen LogP contribution in [-0.4, -0.2) is 33.0 Å². The number of aryl methyl sites for hydroxylation is 1. The van der Waals surface area contributed by atoms with Crippen LogP contribution in [0, 0.1) is 6.92 Å². The molecule has 3 heterocycles. The maximum Gasteiger partial charge on any atom is 0.406 e. The van der Waals surface area contributed by atoms with Crippen LogP contribution in [0.3, 0.4) is 0 Å². The second kappa shape index (κ2) is 9.58. The molecule has 0 bridgehead atoms. The molecule has 0 aliphatic heterocycles. The van der Waals surface area contributed by atoms with Gasteiger partial charge in [-0.25, -0.2) is 9.97 Å². The number of nitrogens with zero attached hydrogens (tertiary/aromatic N) is 4. The van der Waals surface area contributed by atoms with Gasteiger partial charge in [-0.1, -0.05) is 18.2 Å². The van der Waals surface area contributed by atoms with Crippen LogP contribution in [-0.2, 0) is 0 Å². The number of nitrogen functional groups attached to an aromatic ring is 1. The van der Waals surface area contributed by atoms with Gasteiger partial charge in [-0.2, -0.15) is 13.2 Å². The molecule has 0 unspecified atom stereocenters. The van der Waals surface area contributed by atoms with Crippen molar-refractivity contribution < 1.29 is 18.0 Å². The summed E-state index contributed by atoms with van der Waals surface area (Å²) in [4.78, 5) is 22.8. The standard InChI is InChI=1S/C26H21F3N6OS/c1-16-23(34-13-5-4-8-22(34)31-16)21-14-37-25(33-21)35(15-26(27,28)29)18-11-9-17(10-12-18)24(36)32-20-7-3-2-6-19(20)30/h2-14H,15,30H2,1H3,(H,32,36). The van der Waals surface area contributed by atoms with Gasteiger partial charge in [-0.15, -0.1) is 11.3 Å². The van der Waals surface area contributed by atoms with Crippen LogP contribution >= 0.6 is 11.3 Å². The van der Waals surface area contributed by atoms with Gasteiger partial charge in [0.25, 0.3) is 5.91 Å². The highest BCUT2D eigenvalue weighted by Crippen LogP contribution is 2.36. The van der Waals surface area contributed by atoms with Crippen molar-refractivity contribution in [2.75, 3.05) is 22.5 Å². The molecule has 0 atom stereocenters. The van der Waals surface area contributed by atoms with Crippen LogP contribution in [0.2, 0.25) is 0 Å². The third kappa shape index (κ3) is 5.12. The predicted molar refractivity (Wildman–Crippen MR) is 139 cm³/mol. The Morgan fingerprint density at radius 1 is 1.05 bits per heavy atom. The number of hydrogen-bond acceptors (Lipinski definition) is 6. The number of para-hydroxylation sites is 2. The zero-order valence-electron chi connectivity index (χ0n) is 19.5. The summed E-state index contributed by atoms with van der Waals surface area (Å²) in [5, 5.41) is 4.60. The minimum atomic E-state index is -4.48. The van der Waals surface area contributed by atoms with Crippen molar-refractivity contribution in [1.82, 2.24) is 14.4 Å². The SMILES string of the molecule is Cc1nc2ccccn2c1-c1csc(N(CC(F)(F)F)c2ccc(C(=O)Nc3ccccc3N)cc2)n1. The normalized spacial score (nSPS) is 11.6. The number of amides is 1. The molecule has 0 spiro atoms. The van der Waals surface area contributed by atoms with E-state index in [1.807, 2.05) is 35.7 Å². The van der Waals surface area contributed by atoms with Gasteiger partial charge in [-0.05, 0) is 55.5 Å². The molecule has 0 radical (unpaired) electrons. The summed E-state index contributed by atoms with van der Waals surface area (Å²) in [6, 6.07) is 18.2. The van der Waals surface area contributed by atoms with E-state index < -0.39 is 18.6 Å². The average Bonchev–Trinajstić information content (AvgIpc) is 3.47. The number of anilines is 4. The minimum absolute atomic E-state index is 0.173. The lowest BCUT2D eigenvalue weighted by Crippen LogP contribution is -2.30. The largest absolute Gasteiger partial charge is 0.406 e. The molecule has 0 aliphatic carbocycles. The van der Waals surface area contributed by atoms with Crippen LogP contribution in [0.1, 0.15) is 16.1 Å². The zero-order chi connectivity index (χ0) is 26.2. The average molecular weight is 523 g/mol. The fraction of sp³-hybridized carbons (Fsp3) is 0.115. The molecule has 5 rings (SSSR count). The number of hydrogen-bond donors (Lipinski definition) is 2. The highest BCUT2D eigenvalue weighted by Gasteiger charge is 2.33. The molecule has 0 fully saturated rings. The molecule has 3 aromatic heterocycles. The van der Waals surface area contributed by atoms with Gasteiger partial charge >= 0.3 is 6.18 Å². The summed E-state index contributed by atoms with van der Waals surface area (Å²) in [5.74, 6) is -0.425. The number of carbonyl (C=O) groups excluding carboxylic acids is 1. The molecule has 5 aromatic rings. The molecular weight excluding hydrogens is 501 g/mol. The van der Waals surface area contributed by atoms with Crippen molar-refractivity contribution in [3.05, 3.63) is 89.6 Å². The lowest BCUT2D eigenvalue weighted by Gasteiger charge is -2.23. The second-order valence-corrected chi connectivity index (χ2v) is 9.12. The monoisotopic (exact) mass is 522 g/mol. The van der Waals surface area contributed by atoms with Gasteiger partial charge in [0, 0.05) is 22.8 Å². The van der Waals surface area contributed by atoms with E-state index >= 15 is 0 Å². The Balaban J connectivity index is 1.45. The summed E-state index contributed by atoms with van der Waals surface area (Å²) >= 11 is 1.10. The maximum absolute atomic E-state index is 13.6. The van der Waals surface area contributed by atoms with E-state index in [9.17, 15) is 18.0 Å². The first-order valence-corrected chi connectivity index (χ1v) is 12.1. The number of rotatable bonds is 6. The van der Waals surface area contributed by atoms with Crippen molar-refractivity contribution in [2.24, 2.45) is 0 Å². The smallest absolute Gasteiger partial charge is 0.397 e. The topological polar surface area (TPSA) is 88.5 Å². The molecule has 7 nitrogen and oxygen atoms in total. The van der Waals surface area contributed by atoms with Crippen LogP contribution < -0.4 is 16.0 Å². The number of carbonyl (C=O) groups is 1. The van der Waals surface area contributed by atoms with Crippen molar-refractivity contribution in [3.63, 3.8) is 0 Å². The predicted octanol–water partition coefficient (Wildman–Crippen LogP) is 6.30. The molecule has 1 amide bonds. The van der Waals surface area contributed by atoms with Crippen LogP contribution in [0.25, 0.3) is 17.0 Å². The fourth-order valence-electron chi connectivity index (χ4n) is 3.97. The van der Waals surface area contributed by atoms with Crippen molar-refractivity contribution in [3.8, 4) is 11.4 Å². The number of benzene rings is 2. The number of imidazole rings is 1. The number of alkyl halides is 3. The van der Waals surface area contributed by atoms with Gasteiger partial charge in [0.05, 0.1) is 22.8 Å². The molecular formula is C26H21F3N6OS. The number of aromatic nitrogens is 3. The summed E-state index contributed by atoms with van der Waals surface area (Å²) in [6.45, 7) is 0.597. The Morgan fingerprint density at radius 3 is 2.51 bits per heavy atom. The molecule has 3 N–H and O–H groups in total. The Kier molecular flexibility index (Phi) is 6.30. The van der Waals surface area contributed by atoms with E-state index in [0.29, 0.717) is 17.1 Å². The van der Waals surface area contributed by atoms with E-state index in [4.69, 9.17) is 5.73 Å². The molecule has 37 heavy (non-hydrogen) atoms. The Labute approximate surface area is 214 Å². The van der Waals surface area contributed by atoms with E-state index in [-0.39, 0.29) is 16.4 Å². The number of halogens is 3. The molecule has 11 heteroatoms. The molecule has 188 valence electrons. The summed E-state index contributed by atoms with van der Waals surface area (Å²) < 4.78 is 42.5. The van der Waals surface area contributed by atoms with E-state index in [1.165, 1.54) is 24.3 Å². The third-order valence-electron chi connectivity index (χ3n) is 5.66. The lowest BCUT2D eigenvalue weighted by atomic mass is 10.1. The lowest BCUT2D eigenvalue weighted by molar-refractivity contribution is -0.118. The van der Waals surface area contributed by atoms with E-state index in [0.717, 1.165) is 33.3 Å². The number of fused-ring (bicyclic) bond motifs is 1. The van der Waals surface area contributed by atoms with Crippen LogP contribution in [0.4, 0.5) is 35.4 Å². The highest BCUT2D eigenvalue weighted by atomic mass is 32.1. The first-order valence-electron chi connectivity index (χ1n) is 11.2. The van der Waals surface area contributed by atoms with Crippen molar-refractivity contribution in [2.45, 2.75) is 13.1 Å². The van der Waals surface area contributed by atoms with Gasteiger partial charge in [0.2, 0.25) is 0 Å². The van der Waals surface area contributed by atoms with Gasteiger partial charge in [0.1, 0.15) is 17.9 Å². The van der Waals surface area contributed by atoms with Gasteiger partial charge in [-0.3, -0.25) is 9.20 Å². The van der Waals surface area contributed by atoms with Gasteiger partial charge < -0.3 is 16.0 Å². The Morgan fingerprint density at radius 2 is 1.78 bits per heavy atom. The van der Waals surface area contributed by atoms with Crippen molar-refractivity contribution >= 4 is 45.1 Å². The highest BCUT2D eigenvalue weighted by molar-refractivity contribution is 7.14. The summed E-state index contributed by atoms with van der Waals surface area (Å²) in [6.07, 6.45) is -2.64. The molecule has 0 saturated carbocycles. The van der Waals surface area contributed by atoms with E-state index in [1.54, 1.807) is 29.6 Å². The fourth-order valence-corrected chi connectivity index (χ4v) is 4.80. The van der Waals surface area contributed by atoms with Crippen LogP contribution in [0.15, 0.2) is 78.3 Å². The number of pyridine rings is 1. The number of thiazole rings is 1. The molecule has 2 aromatic carbocycles. The minimum Gasteiger partial charge on any atom is -0.397 e. The summed E-state index contributed by atoms with van der Waals surface area (Å²) in [5.41, 5.74) is 9.96. The third-order valence-corrected chi connectivity index (χ3v) is 6.52. The Bertz CT molecular complexity index is 1580. The Hall–Kier alpha value is -4.38. The first-order chi connectivity index (χ1) is 17.7. The molecule has 0 saturated heterocycles. The zero-order valence-corrected chi connectivity index (χ0v) is 20.3. The molecule has 0 aliphatic rings. The number of nitrogens with one attached hydrogen (secondary N) is 1. The quantitative estimate of drug-likeness (QED) is 0.256. The van der Waals surface area contributed by atoms with Crippen LogP contribution in [0.5, 0.6) is 0 Å². The number of nitrogens with two attached hydrogens (primary N) is 1. The van der Waals surface area contributed by atoms with Crippen molar-refractivity contribution in [1.29, 1.82) is 0 Å². The first kappa shape index (κ1) is 24.3.